The van der Waals surface area contributed by atoms with E-state index >= 15 is 0 Å². The van der Waals surface area contributed by atoms with Crippen molar-refractivity contribution in [2.24, 2.45) is 0 Å². The summed E-state index contributed by atoms with van der Waals surface area (Å²) in [5.74, 6) is 0. The maximum Gasteiger partial charge on any atom is 0.169 e. The van der Waals surface area contributed by atoms with Crippen molar-refractivity contribution in [2.45, 2.75) is 18.5 Å². The van der Waals surface area contributed by atoms with Gasteiger partial charge >= 0.3 is 0 Å². The minimum Gasteiger partial charge on any atom is -0.355 e. The number of ether oxygens (including phenoxy) is 2. The highest BCUT2D eigenvalue weighted by molar-refractivity contribution is 7.84. The minimum absolute atomic E-state index is 0.161. The predicted octanol–water partition coefficient (Wildman–Crippen LogP) is -0.0381. The second-order valence-electron chi connectivity index (χ2n) is 2.87. The van der Waals surface area contributed by atoms with E-state index in [1.54, 1.807) is 20.5 Å². The highest BCUT2D eigenvalue weighted by Crippen LogP contribution is 1.91. The summed E-state index contributed by atoms with van der Waals surface area (Å²) in [6.07, 6.45) is 1.48. The molecule has 0 aromatic carbocycles. The highest BCUT2D eigenvalue weighted by atomic mass is 32.2. The van der Waals surface area contributed by atoms with Gasteiger partial charge in [-0.2, -0.15) is 0 Å². The number of rotatable bonds is 7. The molecule has 0 aliphatic rings. The van der Waals surface area contributed by atoms with Crippen molar-refractivity contribution in [3.8, 4) is 0 Å². The van der Waals surface area contributed by atoms with Gasteiger partial charge in [-0.05, 0) is 6.92 Å². The van der Waals surface area contributed by atoms with Gasteiger partial charge in [-0.3, -0.25) is 4.21 Å². The van der Waals surface area contributed by atoms with E-state index in [1.165, 1.54) is 0 Å². The van der Waals surface area contributed by atoms with Crippen molar-refractivity contribution in [1.82, 2.24) is 5.32 Å². The van der Waals surface area contributed by atoms with Gasteiger partial charge in [0.1, 0.15) is 0 Å². The second kappa shape index (κ2) is 7.44. The van der Waals surface area contributed by atoms with E-state index in [-0.39, 0.29) is 11.5 Å². The van der Waals surface area contributed by atoms with Gasteiger partial charge in [-0.15, -0.1) is 0 Å². The van der Waals surface area contributed by atoms with Gasteiger partial charge in [0.2, 0.25) is 0 Å². The first kappa shape index (κ1) is 13.0. The van der Waals surface area contributed by atoms with Crippen LogP contribution in [0.25, 0.3) is 0 Å². The van der Waals surface area contributed by atoms with Crippen molar-refractivity contribution in [3.05, 3.63) is 0 Å². The lowest BCUT2D eigenvalue weighted by atomic mass is 10.4. The van der Waals surface area contributed by atoms with Gasteiger partial charge in [0.15, 0.2) is 6.29 Å². The van der Waals surface area contributed by atoms with Crippen LogP contribution in [-0.4, -0.2) is 49.3 Å². The standard InChI is InChI=1S/C8H19NO3S/c1-7(13(4)10)5-9-6-8(11-2)12-3/h7-9H,5-6H2,1-4H3. The average molecular weight is 209 g/mol. The molecule has 0 aliphatic carbocycles. The Balaban J connectivity index is 3.48. The van der Waals surface area contributed by atoms with E-state index in [0.717, 1.165) is 0 Å². The Kier molecular flexibility index (Phi) is 7.45. The summed E-state index contributed by atoms with van der Waals surface area (Å²) in [6, 6.07) is 0. The van der Waals surface area contributed by atoms with Crippen LogP contribution in [0, 0.1) is 0 Å². The van der Waals surface area contributed by atoms with E-state index in [4.69, 9.17) is 9.47 Å². The van der Waals surface area contributed by atoms with Gasteiger partial charge in [0.25, 0.3) is 0 Å². The molecular weight excluding hydrogens is 190 g/mol. The third kappa shape index (κ3) is 6.15. The van der Waals surface area contributed by atoms with E-state index in [2.05, 4.69) is 5.32 Å². The summed E-state index contributed by atoms with van der Waals surface area (Å²) in [6.45, 7) is 3.28. The summed E-state index contributed by atoms with van der Waals surface area (Å²) in [5.41, 5.74) is 0. The van der Waals surface area contributed by atoms with E-state index < -0.39 is 10.8 Å². The third-order valence-corrected chi connectivity index (χ3v) is 3.14. The van der Waals surface area contributed by atoms with Crippen LogP contribution < -0.4 is 5.32 Å². The molecule has 5 heteroatoms. The summed E-state index contributed by atoms with van der Waals surface area (Å²) in [7, 11) is 2.42. The predicted molar refractivity (Wildman–Crippen MR) is 54.2 cm³/mol. The maximum atomic E-state index is 11.0. The average Bonchev–Trinajstić information content (AvgIpc) is 2.12. The van der Waals surface area contributed by atoms with Gasteiger partial charge in [0.05, 0.1) is 0 Å². The molecule has 0 aliphatic heterocycles. The molecule has 2 unspecified atom stereocenters. The zero-order chi connectivity index (χ0) is 10.3. The molecule has 0 fully saturated rings. The molecule has 4 nitrogen and oxygen atoms in total. The lowest BCUT2D eigenvalue weighted by Crippen LogP contribution is -2.35. The Hall–Kier alpha value is 0.0300. The molecule has 0 saturated heterocycles. The van der Waals surface area contributed by atoms with Crippen LogP contribution in [0.15, 0.2) is 0 Å². The zero-order valence-electron chi connectivity index (χ0n) is 8.70. The fraction of sp³-hybridized carbons (Fsp3) is 1.00. The largest absolute Gasteiger partial charge is 0.355 e. The Morgan fingerprint density at radius 1 is 1.31 bits per heavy atom. The quantitative estimate of drug-likeness (QED) is 0.598. The van der Waals surface area contributed by atoms with Gasteiger partial charge < -0.3 is 14.8 Å². The first-order valence-electron chi connectivity index (χ1n) is 4.20. The van der Waals surface area contributed by atoms with Crippen LogP contribution in [-0.2, 0) is 20.3 Å². The fourth-order valence-electron chi connectivity index (χ4n) is 0.785. The van der Waals surface area contributed by atoms with Crippen molar-refractivity contribution in [1.29, 1.82) is 0 Å². The molecule has 0 spiro atoms. The molecular formula is C8H19NO3S. The Labute approximate surface area is 82.4 Å². The molecule has 0 amide bonds. The first-order chi connectivity index (χ1) is 6.11. The zero-order valence-corrected chi connectivity index (χ0v) is 9.52. The van der Waals surface area contributed by atoms with Crippen LogP contribution in [0.1, 0.15) is 6.92 Å². The molecule has 0 saturated carbocycles. The second-order valence-corrected chi connectivity index (χ2v) is 4.67. The van der Waals surface area contributed by atoms with Crippen LogP contribution in [0.5, 0.6) is 0 Å². The number of hydrogen-bond acceptors (Lipinski definition) is 4. The van der Waals surface area contributed by atoms with Gasteiger partial charge in [-0.25, -0.2) is 0 Å². The molecule has 0 radical (unpaired) electrons. The lowest BCUT2D eigenvalue weighted by Gasteiger charge is -2.15. The third-order valence-electron chi connectivity index (χ3n) is 1.84. The molecule has 0 aromatic rings. The maximum absolute atomic E-state index is 11.0. The Morgan fingerprint density at radius 2 is 1.85 bits per heavy atom. The van der Waals surface area contributed by atoms with E-state index in [0.29, 0.717) is 13.1 Å². The topological polar surface area (TPSA) is 47.6 Å². The number of methoxy groups -OCH3 is 2. The van der Waals surface area contributed by atoms with Crippen LogP contribution in [0.2, 0.25) is 0 Å². The molecule has 13 heavy (non-hydrogen) atoms. The molecule has 1 N–H and O–H groups in total. The highest BCUT2D eigenvalue weighted by Gasteiger charge is 2.08. The summed E-state index contributed by atoms with van der Waals surface area (Å²) in [5, 5.41) is 3.29. The normalized spacial score (nSPS) is 16.1. The molecule has 0 bridgehead atoms. The first-order valence-corrected chi connectivity index (χ1v) is 5.82. The Bertz CT molecular complexity index is 150. The molecule has 0 rings (SSSR count). The number of nitrogens with one attached hydrogen (secondary N) is 1. The summed E-state index contributed by atoms with van der Waals surface area (Å²) in [4.78, 5) is 0. The molecule has 80 valence electrons. The van der Waals surface area contributed by atoms with Crippen molar-refractivity contribution >= 4 is 10.8 Å². The fourth-order valence-corrected chi connectivity index (χ4v) is 1.14. The van der Waals surface area contributed by atoms with E-state index in [1.807, 2.05) is 6.92 Å². The monoisotopic (exact) mass is 209 g/mol. The summed E-state index contributed by atoms with van der Waals surface area (Å²) < 4.78 is 20.9. The van der Waals surface area contributed by atoms with Crippen molar-refractivity contribution < 1.29 is 13.7 Å². The Morgan fingerprint density at radius 3 is 2.23 bits per heavy atom. The van der Waals surface area contributed by atoms with Crippen molar-refractivity contribution in [3.63, 3.8) is 0 Å². The van der Waals surface area contributed by atoms with Crippen LogP contribution >= 0.6 is 0 Å². The van der Waals surface area contributed by atoms with Gasteiger partial charge in [-0.1, -0.05) is 0 Å². The SMILES string of the molecule is COC(CNCC(C)S(C)=O)OC. The smallest absolute Gasteiger partial charge is 0.169 e. The summed E-state index contributed by atoms with van der Waals surface area (Å²) >= 11 is 0. The van der Waals surface area contributed by atoms with Crippen LogP contribution in [0.3, 0.4) is 0 Å². The van der Waals surface area contributed by atoms with Crippen molar-refractivity contribution in [2.75, 3.05) is 33.6 Å². The molecule has 0 aromatic heterocycles. The number of hydrogen-bond donors (Lipinski definition) is 1. The van der Waals surface area contributed by atoms with Gasteiger partial charge in [0, 0.05) is 49.6 Å². The van der Waals surface area contributed by atoms with E-state index in [9.17, 15) is 4.21 Å². The van der Waals surface area contributed by atoms with Crippen LogP contribution in [0.4, 0.5) is 0 Å². The minimum atomic E-state index is -0.773. The lowest BCUT2D eigenvalue weighted by molar-refractivity contribution is -0.0985. The molecule has 0 heterocycles. The molecule has 2 atom stereocenters.